The molecular formula is C68H94BrClN6O18. The number of Topliss-reactive ketones (excluding diaryl/α,β-unsaturated/α-hetero) is 2. The summed E-state index contributed by atoms with van der Waals surface area (Å²) >= 11 is 10.0. The van der Waals surface area contributed by atoms with Gasteiger partial charge in [-0.3, -0.25) is 28.8 Å². The van der Waals surface area contributed by atoms with Gasteiger partial charge >= 0.3 is 30.0 Å². The van der Waals surface area contributed by atoms with Crippen molar-refractivity contribution < 1.29 is 86.2 Å². The zero-order valence-corrected chi connectivity index (χ0v) is 58.2. The Balaban J connectivity index is 1.18. The van der Waals surface area contributed by atoms with Crippen molar-refractivity contribution in [1.82, 2.24) is 20.4 Å². The van der Waals surface area contributed by atoms with E-state index in [2.05, 4.69) is 33.1 Å². The molecule has 0 unspecified atom stereocenters. The van der Waals surface area contributed by atoms with E-state index in [0.29, 0.717) is 65.6 Å². The lowest BCUT2D eigenvalue weighted by molar-refractivity contribution is -0.187. The lowest BCUT2D eigenvalue weighted by atomic mass is 9.78. The second-order valence-electron chi connectivity index (χ2n) is 25.2. The second-order valence-corrected chi connectivity index (χ2v) is 26.1. The molecule has 10 atom stereocenters. The average molecular weight is 1400 g/mol. The van der Waals surface area contributed by atoms with Crippen LogP contribution in [-0.2, 0) is 86.2 Å². The predicted octanol–water partition coefficient (Wildman–Crippen LogP) is 7.75. The highest BCUT2D eigenvalue weighted by atomic mass is 79.9. The zero-order valence-electron chi connectivity index (χ0n) is 55.9. The number of fused-ring (bicyclic) bond motifs is 5. The van der Waals surface area contributed by atoms with Crippen LogP contribution in [0.25, 0.3) is 0 Å². The molecule has 5 N–H and O–H groups in total. The number of epoxide rings is 1. The standard InChI is InChI=1S/C68H94BrClN6O18/c1-40(2)49(34-48(77)19-14-13-15-29-90-63(83)42(4)38-69)62(82)73-50(20-17-27-72-65(71)85)52(78)32-45-22-24-46(25-23-45)39-91-66(86)74(8)28-26-57(79)75(9)44(6)64(84)93-56-35-58(80)76(10)51-31-47(33-53(88-11)60(51)70)30-41(3)18-16-21-55(89-12)68(87)36-54(92-59(81)37-68)43(5)61-67(56,7)94-61/h16,18,21-25,31,33,40,43-44,49-50,54-56,61,87H,4,13-15,17,19-20,26-30,32,34-39H2,1-3,5-12H3,(H,73,82)(H3,71,72,85)/b21-16+,41-18+/t43-,44+,49+,50+,54+,55-,56-,61+,67+,68-/m1/s1. The minimum Gasteiger partial charge on any atom is -0.495 e. The van der Waals surface area contributed by atoms with Crippen molar-refractivity contribution in [1.29, 1.82) is 0 Å². The van der Waals surface area contributed by atoms with Crippen LogP contribution >= 0.6 is 27.5 Å². The van der Waals surface area contributed by atoms with Crippen LogP contribution in [0, 0.1) is 17.8 Å². The molecule has 3 heterocycles. The SMILES string of the molecule is C=C(CBr)C(=O)OCCCCCC(=O)C[C@H](C(=O)N[C@@H](CCCNC(N)=O)C(=O)Cc1ccc(COC(=O)N(C)CCC(=O)N(C)[C@@H](C)C(=O)O[C@@H]2CC(=O)N(C)c3cc(cc(OC)c3Cl)C/C(C)=C/C=C/[C@@H](OC)[C@]3(O)CC(=O)O[C@@H](C3)[C@@H](C)[C@@H]3O[C@@]23C)cc1)C(C)C. The number of carbonyl (C=O) groups is 10. The summed E-state index contributed by atoms with van der Waals surface area (Å²) in [5, 5.41) is 17.9. The third kappa shape index (κ3) is 22.2. The molecule has 2 fully saturated rings. The third-order valence-electron chi connectivity index (χ3n) is 17.6. The van der Waals surface area contributed by atoms with Gasteiger partial charge in [0.25, 0.3) is 0 Å². The molecule has 2 aromatic rings. The van der Waals surface area contributed by atoms with E-state index in [-0.39, 0.29) is 93.8 Å². The van der Waals surface area contributed by atoms with E-state index in [1.807, 2.05) is 26.8 Å². The van der Waals surface area contributed by atoms with Crippen molar-refractivity contribution in [2.75, 3.05) is 65.3 Å². The summed E-state index contributed by atoms with van der Waals surface area (Å²) in [6.07, 6.45) is 2.57. The Morgan fingerprint density at radius 2 is 1.67 bits per heavy atom. The molecule has 2 saturated heterocycles. The molecule has 3 aliphatic rings. The summed E-state index contributed by atoms with van der Waals surface area (Å²) in [5.74, 6) is -5.09. The van der Waals surface area contributed by atoms with Crippen molar-refractivity contribution >= 4 is 92.5 Å². The number of esters is 3. The van der Waals surface area contributed by atoms with Gasteiger partial charge in [-0.2, -0.15) is 0 Å². The van der Waals surface area contributed by atoms with Crippen LogP contribution in [-0.4, -0.2) is 182 Å². The highest BCUT2D eigenvalue weighted by Gasteiger charge is 2.64. The number of benzene rings is 2. The highest BCUT2D eigenvalue weighted by Crippen LogP contribution is 2.50. The maximum atomic E-state index is 14.5. The lowest BCUT2D eigenvalue weighted by Crippen LogP contribution is -2.53. The number of methoxy groups -OCH3 is 2. The number of ether oxygens (including phenoxy) is 7. The monoisotopic (exact) mass is 1400 g/mol. The maximum absolute atomic E-state index is 14.5. The molecule has 6 amide bonds. The van der Waals surface area contributed by atoms with Crippen molar-refractivity contribution in [2.45, 2.75) is 179 Å². The Hall–Kier alpha value is -7.19. The smallest absolute Gasteiger partial charge is 0.409 e. The molecule has 26 heteroatoms. The number of likely N-dealkylation sites (N-methyl/N-ethyl adjacent to an activating group) is 1. The van der Waals surface area contributed by atoms with Crippen LogP contribution in [0.1, 0.15) is 129 Å². The first-order valence-electron chi connectivity index (χ1n) is 31.7. The molecule has 0 radical (unpaired) electrons. The molecule has 3 aliphatic heterocycles. The summed E-state index contributed by atoms with van der Waals surface area (Å²) in [5.41, 5.74) is 5.74. The van der Waals surface area contributed by atoms with Crippen LogP contribution < -0.4 is 26.0 Å². The number of halogens is 2. The molecule has 0 saturated carbocycles. The van der Waals surface area contributed by atoms with E-state index in [4.69, 9.17) is 50.5 Å². The van der Waals surface area contributed by atoms with E-state index < -0.39 is 114 Å². The predicted molar refractivity (Wildman–Crippen MR) is 354 cm³/mol. The first-order valence-corrected chi connectivity index (χ1v) is 33.2. The number of aliphatic hydroxyl groups is 1. The molecule has 0 aromatic heterocycles. The summed E-state index contributed by atoms with van der Waals surface area (Å²) in [6, 6.07) is 7.38. The number of nitrogens with two attached hydrogens (primary N) is 1. The van der Waals surface area contributed by atoms with E-state index >= 15 is 0 Å². The van der Waals surface area contributed by atoms with Gasteiger partial charge in [-0.05, 0) is 94.0 Å². The number of amides is 6. The number of hydrogen-bond donors (Lipinski definition) is 4. The molecular weight excluding hydrogens is 1300 g/mol. The second kappa shape index (κ2) is 36.1. The number of anilines is 1. The van der Waals surface area contributed by atoms with Gasteiger partial charge in [0.2, 0.25) is 17.7 Å². The topological polar surface area (TPSA) is 319 Å². The zero-order chi connectivity index (χ0) is 69.8. The van der Waals surface area contributed by atoms with Crippen molar-refractivity contribution in [3.05, 3.63) is 94.1 Å². The van der Waals surface area contributed by atoms with Gasteiger partial charge in [-0.25, -0.2) is 19.2 Å². The number of nitrogens with one attached hydrogen (secondary N) is 2. The first-order chi connectivity index (χ1) is 44.4. The van der Waals surface area contributed by atoms with Gasteiger partial charge in [0, 0.05) is 96.2 Å². The van der Waals surface area contributed by atoms with Crippen LogP contribution in [0.5, 0.6) is 5.75 Å². The van der Waals surface area contributed by atoms with Crippen molar-refractivity contribution in [2.24, 2.45) is 23.5 Å². The largest absolute Gasteiger partial charge is 0.495 e. The van der Waals surface area contributed by atoms with Gasteiger partial charge in [0.05, 0.1) is 44.4 Å². The number of nitrogens with zero attached hydrogens (tertiary/aromatic N) is 3. The Kier molecular flexibility index (Phi) is 29.7. The molecule has 518 valence electrons. The van der Waals surface area contributed by atoms with Gasteiger partial charge < -0.3 is 69.3 Å². The number of ketones is 2. The Labute approximate surface area is 564 Å². The number of unbranched alkanes of at least 4 members (excludes halogenated alkanes) is 2. The van der Waals surface area contributed by atoms with Crippen LogP contribution in [0.4, 0.5) is 15.3 Å². The van der Waals surface area contributed by atoms with E-state index in [1.165, 1.54) is 57.0 Å². The fraction of sp³-hybridized carbons (Fsp3) is 0.588. The number of rotatable bonds is 30. The summed E-state index contributed by atoms with van der Waals surface area (Å²) in [6.45, 7) is 14.2. The number of carbonyl (C=O) groups excluding carboxylic acids is 10. The normalized spacial score (nSPS) is 23.1. The molecule has 94 heavy (non-hydrogen) atoms. The lowest BCUT2D eigenvalue weighted by Gasteiger charge is -2.41. The Morgan fingerprint density at radius 1 is 0.979 bits per heavy atom. The number of hydrogen-bond acceptors (Lipinski definition) is 18. The van der Waals surface area contributed by atoms with E-state index in [0.717, 1.165) is 11.1 Å². The number of urea groups is 1. The minimum absolute atomic E-state index is 0.0141. The van der Waals surface area contributed by atoms with E-state index in [9.17, 15) is 53.1 Å². The van der Waals surface area contributed by atoms with E-state index in [1.54, 1.807) is 62.4 Å². The van der Waals surface area contributed by atoms with Crippen molar-refractivity contribution in [3.8, 4) is 5.75 Å². The molecule has 0 aliphatic carbocycles. The van der Waals surface area contributed by atoms with Gasteiger partial charge in [-0.15, -0.1) is 0 Å². The number of primary amides is 1. The molecule has 24 nitrogen and oxygen atoms in total. The maximum Gasteiger partial charge on any atom is 0.409 e. The van der Waals surface area contributed by atoms with Gasteiger partial charge in [0.1, 0.15) is 58.7 Å². The Morgan fingerprint density at radius 3 is 2.32 bits per heavy atom. The summed E-state index contributed by atoms with van der Waals surface area (Å²) < 4.78 is 40.4. The van der Waals surface area contributed by atoms with Crippen LogP contribution in [0.3, 0.4) is 0 Å². The molecule has 0 spiro atoms. The first kappa shape index (κ1) is 77.5. The fourth-order valence-electron chi connectivity index (χ4n) is 11.3. The Bertz CT molecular complexity index is 3120. The third-order valence-corrected chi connectivity index (χ3v) is 18.6. The summed E-state index contributed by atoms with van der Waals surface area (Å²) in [7, 11) is 7.29. The van der Waals surface area contributed by atoms with Crippen LogP contribution in [0.15, 0.2) is 72.4 Å². The minimum atomic E-state index is -1.66. The van der Waals surface area contributed by atoms with Crippen LogP contribution in [0.2, 0.25) is 5.02 Å². The average Bonchev–Trinajstić information content (AvgIpc) is 1.57. The molecule has 5 rings (SSSR count). The number of alkyl halides is 1. The van der Waals surface area contributed by atoms with Crippen molar-refractivity contribution in [3.63, 3.8) is 0 Å². The molecule has 2 aromatic carbocycles. The quantitative estimate of drug-likeness (QED) is 0.0145. The number of allylic oxidation sites excluding steroid dienone is 3. The van der Waals surface area contributed by atoms with Gasteiger partial charge in [0.15, 0.2) is 5.78 Å². The highest BCUT2D eigenvalue weighted by molar-refractivity contribution is 9.09. The fourth-order valence-corrected chi connectivity index (χ4v) is 11.9. The molecule has 4 bridgehead atoms. The summed E-state index contributed by atoms with van der Waals surface area (Å²) in [4.78, 5) is 136. The van der Waals surface area contributed by atoms with Gasteiger partial charge in [-0.1, -0.05) is 103 Å².